The Kier molecular flexibility index (Phi) is 8.10. The molecule has 1 aromatic heterocycles. The van der Waals surface area contributed by atoms with Gasteiger partial charge in [0, 0.05) is 43.4 Å². The van der Waals surface area contributed by atoms with Gasteiger partial charge in [0.1, 0.15) is 17.2 Å². The summed E-state index contributed by atoms with van der Waals surface area (Å²) in [4.78, 5) is 2.02. The molecule has 0 unspecified atom stereocenters. The van der Waals surface area contributed by atoms with Crippen molar-refractivity contribution in [3.05, 3.63) is 101 Å². The fraction of sp³-hybridized carbons (Fsp3) is 0.207. The van der Waals surface area contributed by atoms with Gasteiger partial charge in [0.2, 0.25) is 11.2 Å². The maximum atomic E-state index is 10.8. The molecule has 0 spiro atoms. The molecule has 0 saturated carbocycles. The van der Waals surface area contributed by atoms with Crippen molar-refractivity contribution in [3.8, 4) is 0 Å². The summed E-state index contributed by atoms with van der Waals surface area (Å²) in [6.07, 6.45) is 4.32. The van der Waals surface area contributed by atoms with Crippen molar-refractivity contribution in [2.75, 3.05) is 19.0 Å². The van der Waals surface area contributed by atoms with Crippen LogP contribution in [-0.4, -0.2) is 27.1 Å². The van der Waals surface area contributed by atoms with E-state index in [0.29, 0.717) is 11.1 Å². The maximum absolute atomic E-state index is 10.8. The van der Waals surface area contributed by atoms with Gasteiger partial charge in [0.05, 0.1) is 4.90 Å². The van der Waals surface area contributed by atoms with Crippen molar-refractivity contribution in [1.29, 1.82) is 0 Å². The number of rotatable bonds is 4. The van der Waals surface area contributed by atoms with Crippen molar-refractivity contribution < 1.29 is 17.5 Å². The molecule has 0 aliphatic heterocycles. The number of hydrogen-bond acceptors (Lipinski definition) is 4. The summed E-state index contributed by atoms with van der Waals surface area (Å²) in [5.74, 6) is 0. The summed E-state index contributed by atoms with van der Waals surface area (Å²) in [5.41, 5.74) is 6.86. The van der Waals surface area contributed by atoms with Crippen LogP contribution in [0.5, 0.6) is 0 Å². The Hall–Kier alpha value is -3.48. The summed E-state index contributed by atoms with van der Waals surface area (Å²) in [6, 6.07) is 24.7. The molecule has 0 bridgehead atoms. The first-order valence-corrected chi connectivity index (χ1v) is 12.7. The Morgan fingerprint density at radius 1 is 0.829 bits per heavy atom. The third-order valence-corrected chi connectivity index (χ3v) is 6.97. The zero-order valence-corrected chi connectivity index (χ0v) is 21.9. The largest absolute Gasteiger partial charge is 0.744 e. The van der Waals surface area contributed by atoms with Crippen molar-refractivity contribution in [1.82, 2.24) is 0 Å². The molecule has 0 fully saturated rings. The van der Waals surface area contributed by atoms with Gasteiger partial charge in [-0.15, -0.1) is 0 Å². The molecule has 35 heavy (non-hydrogen) atoms. The number of benzene rings is 3. The van der Waals surface area contributed by atoms with Crippen LogP contribution in [0.2, 0.25) is 0 Å². The SMILES string of the molecule is CN(C)c1ccc(C=Cc2ccc3ccccc3[n+]2C)cc1.Cc1cc(C)c(S(=O)(=O)[O-])c(C)c1. The van der Waals surface area contributed by atoms with Gasteiger partial charge in [-0.05, 0) is 67.8 Å². The first-order valence-electron chi connectivity index (χ1n) is 11.3. The number of aryl methyl sites for hydroxylation is 4. The van der Waals surface area contributed by atoms with Crippen LogP contribution >= 0.6 is 0 Å². The zero-order chi connectivity index (χ0) is 25.8. The molecule has 1 heterocycles. The summed E-state index contributed by atoms with van der Waals surface area (Å²) in [7, 11) is 1.89. The van der Waals surface area contributed by atoms with E-state index in [9.17, 15) is 13.0 Å². The van der Waals surface area contributed by atoms with E-state index in [-0.39, 0.29) is 4.90 Å². The number of nitrogens with zero attached hydrogens (tertiary/aromatic N) is 2. The molecular weight excluding hydrogens is 456 g/mol. The second-order valence-electron chi connectivity index (χ2n) is 8.88. The zero-order valence-electron chi connectivity index (χ0n) is 21.1. The highest BCUT2D eigenvalue weighted by Crippen LogP contribution is 2.21. The fourth-order valence-electron chi connectivity index (χ4n) is 4.15. The number of anilines is 1. The number of aromatic nitrogens is 1. The molecule has 3 aromatic carbocycles. The minimum Gasteiger partial charge on any atom is -0.744 e. The van der Waals surface area contributed by atoms with Crippen LogP contribution in [-0.2, 0) is 17.2 Å². The Morgan fingerprint density at radius 3 is 2.00 bits per heavy atom. The van der Waals surface area contributed by atoms with Crippen LogP contribution in [0.3, 0.4) is 0 Å². The van der Waals surface area contributed by atoms with Crippen LogP contribution in [0.25, 0.3) is 23.1 Å². The fourth-order valence-corrected chi connectivity index (χ4v) is 5.06. The molecular formula is C29H32N2O3S. The predicted molar refractivity (Wildman–Crippen MR) is 143 cm³/mol. The van der Waals surface area contributed by atoms with Gasteiger partial charge in [0.25, 0.3) is 0 Å². The van der Waals surface area contributed by atoms with E-state index in [1.807, 2.05) is 6.92 Å². The van der Waals surface area contributed by atoms with E-state index in [4.69, 9.17) is 0 Å². The van der Waals surface area contributed by atoms with Gasteiger partial charge in [-0.25, -0.2) is 8.42 Å². The Morgan fingerprint density at radius 2 is 1.43 bits per heavy atom. The monoisotopic (exact) mass is 488 g/mol. The van der Waals surface area contributed by atoms with Crippen molar-refractivity contribution in [3.63, 3.8) is 0 Å². The van der Waals surface area contributed by atoms with Crippen molar-refractivity contribution in [2.24, 2.45) is 7.05 Å². The van der Waals surface area contributed by atoms with E-state index in [0.717, 1.165) is 5.56 Å². The third kappa shape index (κ3) is 6.56. The summed E-state index contributed by atoms with van der Waals surface area (Å²) in [6.45, 7) is 5.12. The van der Waals surface area contributed by atoms with E-state index >= 15 is 0 Å². The molecule has 0 radical (unpaired) electrons. The predicted octanol–water partition coefficient (Wildman–Crippen LogP) is 5.42. The molecule has 4 rings (SSSR count). The number of para-hydroxylation sites is 1. The molecule has 0 aliphatic carbocycles. The van der Waals surface area contributed by atoms with Crippen molar-refractivity contribution in [2.45, 2.75) is 25.7 Å². The van der Waals surface area contributed by atoms with Gasteiger partial charge in [-0.3, -0.25) is 0 Å². The maximum Gasteiger partial charge on any atom is 0.212 e. The molecule has 5 nitrogen and oxygen atoms in total. The van der Waals surface area contributed by atoms with Crippen LogP contribution in [0.15, 0.2) is 77.7 Å². The molecule has 0 N–H and O–H groups in total. The molecule has 0 saturated heterocycles. The Balaban J connectivity index is 0.000000225. The first-order chi connectivity index (χ1) is 16.5. The Labute approximate surface area is 208 Å². The smallest absolute Gasteiger partial charge is 0.212 e. The molecule has 0 amide bonds. The van der Waals surface area contributed by atoms with Crippen LogP contribution in [0.1, 0.15) is 27.9 Å². The van der Waals surface area contributed by atoms with E-state index in [2.05, 4.69) is 103 Å². The van der Waals surface area contributed by atoms with Gasteiger partial charge in [-0.1, -0.05) is 42.0 Å². The van der Waals surface area contributed by atoms with E-state index in [1.54, 1.807) is 26.0 Å². The van der Waals surface area contributed by atoms with Gasteiger partial charge in [-0.2, -0.15) is 4.57 Å². The van der Waals surface area contributed by atoms with Gasteiger partial charge < -0.3 is 9.45 Å². The summed E-state index contributed by atoms with van der Waals surface area (Å²) < 4.78 is 34.7. The third-order valence-electron chi connectivity index (χ3n) is 5.83. The number of fused-ring (bicyclic) bond motifs is 1. The van der Waals surface area contributed by atoms with E-state index < -0.39 is 10.1 Å². The minimum absolute atomic E-state index is 0.0851. The summed E-state index contributed by atoms with van der Waals surface area (Å²) >= 11 is 0. The topological polar surface area (TPSA) is 64.3 Å². The van der Waals surface area contributed by atoms with Gasteiger partial charge in [0.15, 0.2) is 0 Å². The Bertz CT molecular complexity index is 1450. The molecule has 182 valence electrons. The quantitative estimate of drug-likeness (QED) is 0.284. The summed E-state index contributed by atoms with van der Waals surface area (Å²) in [5, 5.41) is 1.26. The average Bonchev–Trinajstić information content (AvgIpc) is 2.78. The lowest BCUT2D eigenvalue weighted by Crippen LogP contribution is -2.32. The molecule has 4 aromatic rings. The standard InChI is InChI=1S/C20H21N2.C9H12O3S/c1-21(2)18-12-8-16(9-13-18)10-14-19-15-11-17-6-4-5-7-20(17)22(19)3;1-6-4-7(2)9(8(3)5-6)13(10,11)12/h4-15H,1-3H3;4-5H,1-3H3,(H,10,11,12)/q+1;/p-1. The van der Waals surface area contributed by atoms with Crippen LogP contribution in [0, 0.1) is 20.8 Å². The highest BCUT2D eigenvalue weighted by atomic mass is 32.2. The molecule has 6 heteroatoms. The first kappa shape index (κ1) is 26.1. The number of pyridine rings is 1. The van der Waals surface area contributed by atoms with Crippen LogP contribution in [0.4, 0.5) is 5.69 Å². The lowest BCUT2D eigenvalue weighted by atomic mass is 10.1. The second-order valence-corrected chi connectivity index (χ2v) is 10.2. The molecule has 0 atom stereocenters. The average molecular weight is 489 g/mol. The van der Waals surface area contributed by atoms with Crippen LogP contribution < -0.4 is 9.47 Å². The minimum atomic E-state index is -4.33. The highest BCUT2D eigenvalue weighted by molar-refractivity contribution is 7.85. The van der Waals surface area contributed by atoms with Gasteiger partial charge >= 0.3 is 0 Å². The normalized spacial score (nSPS) is 11.4. The van der Waals surface area contributed by atoms with E-state index in [1.165, 1.54) is 27.8 Å². The molecule has 0 aliphatic rings. The van der Waals surface area contributed by atoms with Crippen molar-refractivity contribution >= 4 is 38.9 Å². The highest BCUT2D eigenvalue weighted by Gasteiger charge is 2.10. The lowest BCUT2D eigenvalue weighted by Gasteiger charge is -2.14. The lowest BCUT2D eigenvalue weighted by molar-refractivity contribution is -0.646. The second kappa shape index (κ2) is 10.8. The number of hydrogen-bond donors (Lipinski definition) is 0.